The van der Waals surface area contributed by atoms with Crippen LogP contribution in [-0.2, 0) is 11.2 Å². The summed E-state index contributed by atoms with van der Waals surface area (Å²) in [7, 11) is 0. The minimum absolute atomic E-state index is 0.107. The van der Waals surface area contributed by atoms with E-state index in [1.165, 1.54) is 0 Å². The van der Waals surface area contributed by atoms with Gasteiger partial charge in [-0.25, -0.2) is 18.4 Å². The Bertz CT molecular complexity index is 1360. The number of benzene rings is 1. The van der Waals surface area contributed by atoms with Gasteiger partial charge in [0, 0.05) is 30.7 Å². The van der Waals surface area contributed by atoms with Gasteiger partial charge in [-0.2, -0.15) is 0 Å². The maximum Gasteiger partial charge on any atom is 0.410 e. The Morgan fingerprint density at radius 2 is 1.92 bits per heavy atom. The Hall–Kier alpha value is -3.41. The summed E-state index contributed by atoms with van der Waals surface area (Å²) >= 11 is 0. The number of fused-ring (bicyclic) bond motifs is 1. The minimum atomic E-state index is -1.39. The molecule has 1 saturated carbocycles. The van der Waals surface area contributed by atoms with Crippen molar-refractivity contribution >= 4 is 23.0 Å². The second-order valence-corrected chi connectivity index (χ2v) is 10.3. The molecular weight excluding hydrogens is 470 g/mol. The molecule has 2 aliphatic rings. The van der Waals surface area contributed by atoms with Crippen LogP contribution < -0.4 is 5.43 Å². The zero-order valence-corrected chi connectivity index (χ0v) is 20.9. The predicted octanol–water partition coefficient (Wildman–Crippen LogP) is 5.02. The molecule has 1 amide bonds. The van der Waals surface area contributed by atoms with Crippen LogP contribution in [0.25, 0.3) is 10.9 Å². The van der Waals surface area contributed by atoms with Gasteiger partial charge in [-0.05, 0) is 58.9 Å². The average Bonchev–Trinajstić information content (AvgIpc) is 3.51. The van der Waals surface area contributed by atoms with Crippen LogP contribution in [0.15, 0.2) is 10.9 Å². The molecule has 0 spiro atoms. The molecule has 192 valence electrons. The van der Waals surface area contributed by atoms with E-state index in [1.807, 2.05) is 0 Å². The second-order valence-electron chi connectivity index (χ2n) is 10.3. The van der Waals surface area contributed by atoms with E-state index in [1.54, 1.807) is 37.2 Å². The zero-order chi connectivity index (χ0) is 26.4. The molecule has 0 bridgehead atoms. The molecule has 1 aliphatic carbocycles. The highest BCUT2D eigenvalue weighted by Crippen LogP contribution is 2.40. The molecule has 1 aromatic heterocycles. The summed E-state index contributed by atoms with van der Waals surface area (Å²) in [6.07, 6.45) is 2.98. The first-order valence-corrected chi connectivity index (χ1v) is 12.3. The van der Waals surface area contributed by atoms with Crippen LogP contribution in [0.5, 0.6) is 0 Å². The van der Waals surface area contributed by atoms with Crippen molar-refractivity contribution in [1.29, 1.82) is 0 Å². The van der Waals surface area contributed by atoms with Crippen molar-refractivity contribution in [3.63, 3.8) is 0 Å². The Morgan fingerprint density at radius 1 is 1.22 bits per heavy atom. The van der Waals surface area contributed by atoms with Gasteiger partial charge in [-0.15, -0.1) is 0 Å². The summed E-state index contributed by atoms with van der Waals surface area (Å²) in [6, 6.07) is 0.430. The number of hydrogen-bond donors (Lipinski definition) is 1. The van der Waals surface area contributed by atoms with Crippen LogP contribution in [0.3, 0.4) is 0 Å². The van der Waals surface area contributed by atoms with Crippen molar-refractivity contribution in [2.45, 2.75) is 83.9 Å². The molecule has 2 heterocycles. The van der Waals surface area contributed by atoms with Crippen LogP contribution in [0.2, 0.25) is 0 Å². The number of amides is 1. The van der Waals surface area contributed by atoms with Gasteiger partial charge in [0.1, 0.15) is 11.2 Å². The van der Waals surface area contributed by atoms with E-state index >= 15 is 4.39 Å². The number of carboxylic acid groups (broad SMARTS) is 1. The fourth-order valence-electron chi connectivity index (χ4n) is 4.84. The lowest BCUT2D eigenvalue weighted by Gasteiger charge is -2.27. The molecule has 1 aromatic carbocycles. The zero-order valence-electron chi connectivity index (χ0n) is 20.9. The minimum Gasteiger partial charge on any atom is -0.477 e. The van der Waals surface area contributed by atoms with E-state index < -0.39 is 40.3 Å². The first-order valence-electron chi connectivity index (χ1n) is 12.3. The Balaban J connectivity index is 1.80. The summed E-state index contributed by atoms with van der Waals surface area (Å²) in [5, 5.41) is 9.51. The van der Waals surface area contributed by atoms with Gasteiger partial charge in [-0.1, -0.05) is 18.8 Å². The van der Waals surface area contributed by atoms with Gasteiger partial charge < -0.3 is 19.3 Å². The van der Waals surface area contributed by atoms with Crippen LogP contribution in [0.1, 0.15) is 87.5 Å². The number of halogens is 2. The van der Waals surface area contributed by atoms with Crippen molar-refractivity contribution in [3.05, 3.63) is 44.7 Å². The number of nitrogens with zero attached hydrogens (tertiary/aromatic N) is 2. The van der Waals surface area contributed by atoms with E-state index in [4.69, 9.17) is 4.74 Å². The second kappa shape index (κ2) is 9.57. The third kappa shape index (κ3) is 4.81. The fourth-order valence-corrected chi connectivity index (χ4v) is 4.84. The predicted molar refractivity (Wildman–Crippen MR) is 130 cm³/mol. The quantitative estimate of drug-likeness (QED) is 0.596. The highest BCUT2D eigenvalue weighted by molar-refractivity contribution is 5.96. The number of carbonyl (C=O) groups excluding carboxylic acids is 1. The number of rotatable bonds is 4. The van der Waals surface area contributed by atoms with E-state index in [0.29, 0.717) is 13.0 Å². The number of carboxylic acids is 1. The van der Waals surface area contributed by atoms with Gasteiger partial charge in [-0.3, -0.25) is 4.79 Å². The van der Waals surface area contributed by atoms with Gasteiger partial charge in [0.15, 0.2) is 11.6 Å². The van der Waals surface area contributed by atoms with Gasteiger partial charge in [0.25, 0.3) is 0 Å². The van der Waals surface area contributed by atoms with Gasteiger partial charge in [0.05, 0.1) is 16.5 Å². The Labute approximate surface area is 208 Å². The number of aromatic nitrogens is 1. The SMILES string of the molecule is CCc1c(C(=O)O)c(=O)c2cc(F)c(F)c(C#CC[C@@H]3CCCN3C(=O)OC(C)(C)C)c2n1C1CC1. The smallest absolute Gasteiger partial charge is 0.410 e. The molecule has 36 heavy (non-hydrogen) atoms. The number of carbonyl (C=O) groups is 2. The van der Waals surface area contributed by atoms with Crippen molar-refractivity contribution in [2.24, 2.45) is 0 Å². The van der Waals surface area contributed by atoms with Crippen molar-refractivity contribution in [1.82, 2.24) is 9.47 Å². The molecule has 1 aliphatic heterocycles. The Morgan fingerprint density at radius 3 is 2.50 bits per heavy atom. The highest BCUT2D eigenvalue weighted by Gasteiger charge is 2.34. The summed E-state index contributed by atoms with van der Waals surface area (Å²) in [6.45, 7) is 7.61. The molecule has 4 rings (SSSR count). The van der Waals surface area contributed by atoms with E-state index in [9.17, 15) is 23.9 Å². The summed E-state index contributed by atoms with van der Waals surface area (Å²) in [5.74, 6) is 1.79. The normalized spacial score (nSPS) is 17.7. The lowest BCUT2D eigenvalue weighted by atomic mass is 10.0. The van der Waals surface area contributed by atoms with Crippen LogP contribution in [0.4, 0.5) is 13.6 Å². The average molecular weight is 501 g/mol. The maximum absolute atomic E-state index is 15.1. The molecule has 0 radical (unpaired) electrons. The standard InChI is InChI=1S/C27H30F2N2O5/c1-5-20-21(25(33)34)24(32)18-14-19(28)22(29)17(23(18)31(20)16-11-12-16)10-6-8-15-9-7-13-30(15)26(35)36-27(2,3)4/h14-16H,5,7-9,11-13H2,1-4H3,(H,33,34)/t15-/m1/s1. The van der Waals surface area contributed by atoms with Crippen LogP contribution in [0, 0.1) is 23.5 Å². The van der Waals surface area contributed by atoms with E-state index in [2.05, 4.69) is 11.8 Å². The third-order valence-electron chi connectivity index (χ3n) is 6.50. The topological polar surface area (TPSA) is 88.8 Å². The molecular formula is C27H30F2N2O5. The number of ether oxygens (including phenoxy) is 1. The molecule has 1 atom stereocenters. The van der Waals surface area contributed by atoms with Crippen molar-refractivity contribution in [2.75, 3.05) is 6.54 Å². The van der Waals surface area contributed by atoms with Crippen molar-refractivity contribution < 1.29 is 28.2 Å². The first kappa shape index (κ1) is 25.7. The van der Waals surface area contributed by atoms with Crippen molar-refractivity contribution in [3.8, 4) is 11.8 Å². The van der Waals surface area contributed by atoms with E-state index in [-0.39, 0.29) is 47.1 Å². The lowest BCUT2D eigenvalue weighted by molar-refractivity contribution is 0.0229. The summed E-state index contributed by atoms with van der Waals surface area (Å²) in [5.41, 5.74) is -1.75. The number of hydrogen-bond acceptors (Lipinski definition) is 4. The fraction of sp³-hybridized carbons (Fsp3) is 0.519. The number of likely N-dealkylation sites (tertiary alicyclic amines) is 1. The first-order chi connectivity index (χ1) is 16.9. The summed E-state index contributed by atoms with van der Waals surface area (Å²) in [4.78, 5) is 39.2. The van der Waals surface area contributed by atoms with Gasteiger partial charge >= 0.3 is 12.1 Å². The number of aromatic carboxylic acids is 1. The monoisotopic (exact) mass is 500 g/mol. The molecule has 7 nitrogen and oxygen atoms in total. The van der Waals surface area contributed by atoms with Crippen LogP contribution in [-0.4, -0.2) is 44.8 Å². The largest absolute Gasteiger partial charge is 0.477 e. The molecule has 2 fully saturated rings. The molecule has 1 saturated heterocycles. The van der Waals surface area contributed by atoms with Crippen LogP contribution >= 0.6 is 0 Å². The highest BCUT2D eigenvalue weighted by atomic mass is 19.2. The van der Waals surface area contributed by atoms with Gasteiger partial charge in [0.2, 0.25) is 5.43 Å². The number of pyridine rings is 1. The molecule has 0 unspecified atom stereocenters. The lowest BCUT2D eigenvalue weighted by Crippen LogP contribution is -2.39. The molecule has 9 heteroatoms. The Kier molecular flexibility index (Phi) is 6.82. The maximum atomic E-state index is 15.1. The van der Waals surface area contributed by atoms with E-state index in [0.717, 1.165) is 25.3 Å². The summed E-state index contributed by atoms with van der Waals surface area (Å²) < 4.78 is 36.9. The molecule has 1 N–H and O–H groups in total. The third-order valence-corrected chi connectivity index (χ3v) is 6.50. The molecule has 2 aromatic rings.